The second-order valence-corrected chi connectivity index (χ2v) is 4.18. The van der Waals surface area contributed by atoms with E-state index in [4.69, 9.17) is 0 Å². The molecular weight excluding hydrogens is 228 g/mol. The predicted molar refractivity (Wildman–Crippen MR) is 52.1 cm³/mol. The first-order valence-electron chi connectivity index (χ1n) is 5.05. The molecule has 3 rings (SSSR count). The van der Waals surface area contributed by atoms with Gasteiger partial charge in [-0.1, -0.05) is 0 Å². The molecule has 0 aromatic carbocycles. The number of carbonyl (C=O) groups excluding carboxylic acids is 1. The van der Waals surface area contributed by atoms with Gasteiger partial charge >= 0.3 is 12.0 Å². The number of nitrogens with zero attached hydrogens (tertiary/aromatic N) is 4. The second-order valence-electron chi connectivity index (χ2n) is 4.18. The van der Waals surface area contributed by atoms with E-state index in [9.17, 15) is 19.9 Å². The van der Waals surface area contributed by atoms with E-state index < -0.39 is 24.1 Å². The summed E-state index contributed by atoms with van der Waals surface area (Å²) in [5.74, 6) is -1.15. The van der Waals surface area contributed by atoms with Crippen LogP contribution in [0.15, 0.2) is 6.20 Å². The normalized spacial score (nSPS) is 26.4. The third-order valence-corrected chi connectivity index (χ3v) is 3.16. The van der Waals surface area contributed by atoms with E-state index in [0.717, 1.165) is 4.90 Å². The summed E-state index contributed by atoms with van der Waals surface area (Å²) in [4.78, 5) is 24.0. The number of hydrogen-bond donors (Lipinski definition) is 2. The van der Waals surface area contributed by atoms with Gasteiger partial charge in [0.2, 0.25) is 0 Å². The fraction of sp³-hybridized carbons (Fsp3) is 0.444. The molecule has 1 aromatic rings. The zero-order valence-corrected chi connectivity index (χ0v) is 8.94. The van der Waals surface area contributed by atoms with Crippen LogP contribution in [0.1, 0.15) is 23.3 Å². The van der Waals surface area contributed by atoms with Crippen molar-refractivity contribution in [2.24, 2.45) is 7.05 Å². The minimum absolute atomic E-state index is 0.172. The van der Waals surface area contributed by atoms with E-state index >= 15 is 0 Å². The molecule has 2 N–H and O–H groups in total. The van der Waals surface area contributed by atoms with Gasteiger partial charge in [0.05, 0.1) is 6.54 Å². The lowest BCUT2D eigenvalue weighted by Crippen LogP contribution is -2.38. The molecule has 2 atom stereocenters. The van der Waals surface area contributed by atoms with Crippen molar-refractivity contribution in [3.05, 3.63) is 17.5 Å². The van der Waals surface area contributed by atoms with Crippen molar-refractivity contribution >= 4 is 12.0 Å². The van der Waals surface area contributed by atoms with Crippen molar-refractivity contribution in [3.8, 4) is 0 Å². The zero-order valence-electron chi connectivity index (χ0n) is 8.94. The summed E-state index contributed by atoms with van der Waals surface area (Å²) < 4.78 is 1.49. The van der Waals surface area contributed by atoms with Crippen LogP contribution in [0.3, 0.4) is 0 Å². The molecule has 3 heterocycles. The van der Waals surface area contributed by atoms with E-state index in [-0.39, 0.29) is 6.54 Å². The van der Waals surface area contributed by atoms with Gasteiger partial charge in [-0.25, -0.2) is 9.59 Å². The largest absolute Gasteiger partial charge is 0.479 e. The Bertz CT molecular complexity index is 525. The fourth-order valence-electron chi connectivity index (χ4n) is 2.44. The smallest absolute Gasteiger partial charge is 0.345 e. The number of hydroxylamine groups is 2. The standard InChI is InChI=1S/C9H10N4O4/c1-11-2-4-5-3-12(9(16)13(5)17)7(8(14)15)6(4)10-11/h2,5,7,17H,3H2,1H3,(H,14,15). The van der Waals surface area contributed by atoms with Crippen molar-refractivity contribution in [1.29, 1.82) is 0 Å². The first kappa shape index (κ1) is 10.1. The second kappa shape index (κ2) is 2.98. The van der Waals surface area contributed by atoms with Crippen molar-refractivity contribution < 1.29 is 19.9 Å². The van der Waals surface area contributed by atoms with Crippen LogP contribution in [0.5, 0.6) is 0 Å². The Morgan fingerprint density at radius 1 is 1.59 bits per heavy atom. The maximum atomic E-state index is 11.7. The number of carbonyl (C=O) groups is 2. The Balaban J connectivity index is 2.20. The van der Waals surface area contributed by atoms with E-state index in [2.05, 4.69) is 5.10 Å². The molecule has 90 valence electrons. The molecule has 0 saturated carbocycles. The molecule has 2 unspecified atom stereocenters. The van der Waals surface area contributed by atoms with Gasteiger partial charge in [-0.05, 0) is 0 Å². The SMILES string of the molecule is Cn1cc2c(n1)C(C(=O)O)N1CC2N(O)C1=O. The molecule has 1 fully saturated rings. The first-order chi connectivity index (χ1) is 8.00. The third kappa shape index (κ3) is 1.12. The van der Waals surface area contributed by atoms with Gasteiger partial charge in [0, 0.05) is 18.8 Å². The number of aryl methyl sites for hydroxylation is 1. The summed E-state index contributed by atoms with van der Waals surface area (Å²) in [6, 6.07) is -2.34. The number of carboxylic acids is 1. The summed E-state index contributed by atoms with van der Waals surface area (Å²) in [7, 11) is 1.67. The summed E-state index contributed by atoms with van der Waals surface area (Å²) in [5.41, 5.74) is 0.908. The molecule has 0 aliphatic carbocycles. The van der Waals surface area contributed by atoms with Gasteiger partial charge in [-0.15, -0.1) is 0 Å². The molecule has 1 aromatic heterocycles. The highest BCUT2D eigenvalue weighted by Crippen LogP contribution is 2.42. The number of hydrogen-bond acceptors (Lipinski definition) is 4. The van der Waals surface area contributed by atoms with Gasteiger partial charge in [-0.3, -0.25) is 9.89 Å². The van der Waals surface area contributed by atoms with Gasteiger partial charge in [-0.2, -0.15) is 10.2 Å². The van der Waals surface area contributed by atoms with Gasteiger partial charge in [0.1, 0.15) is 11.7 Å². The van der Waals surface area contributed by atoms with Crippen LogP contribution in [0.4, 0.5) is 4.79 Å². The minimum Gasteiger partial charge on any atom is -0.479 e. The summed E-state index contributed by atoms with van der Waals surface area (Å²) >= 11 is 0. The van der Waals surface area contributed by atoms with Crippen LogP contribution < -0.4 is 0 Å². The molecule has 2 bridgehead atoms. The molecule has 0 radical (unpaired) electrons. The predicted octanol–water partition coefficient (Wildman–Crippen LogP) is -0.273. The number of amides is 2. The van der Waals surface area contributed by atoms with Crippen LogP contribution in [0, 0.1) is 0 Å². The van der Waals surface area contributed by atoms with Crippen molar-refractivity contribution in [1.82, 2.24) is 19.7 Å². The van der Waals surface area contributed by atoms with Gasteiger partial charge < -0.3 is 10.0 Å². The highest BCUT2D eigenvalue weighted by molar-refractivity contribution is 5.86. The molecule has 2 aliphatic rings. The molecular formula is C9H10N4O4. The average Bonchev–Trinajstić information content (AvgIpc) is 2.74. The molecule has 8 heteroatoms. The number of aliphatic carboxylic acids is 1. The van der Waals surface area contributed by atoms with Crippen molar-refractivity contribution in [2.45, 2.75) is 12.1 Å². The third-order valence-electron chi connectivity index (χ3n) is 3.16. The number of rotatable bonds is 1. The van der Waals surface area contributed by atoms with Crippen molar-refractivity contribution in [2.75, 3.05) is 6.54 Å². The minimum atomic E-state index is -1.15. The Hall–Kier alpha value is -2.09. The van der Waals surface area contributed by atoms with E-state index in [1.54, 1.807) is 13.2 Å². The molecule has 2 amide bonds. The molecule has 2 aliphatic heterocycles. The topological polar surface area (TPSA) is 98.9 Å². The molecule has 17 heavy (non-hydrogen) atoms. The lowest BCUT2D eigenvalue weighted by molar-refractivity contribution is -0.142. The molecule has 1 saturated heterocycles. The summed E-state index contributed by atoms with van der Waals surface area (Å²) in [6.45, 7) is 0.172. The van der Waals surface area contributed by atoms with Crippen LogP contribution in [-0.2, 0) is 11.8 Å². The monoisotopic (exact) mass is 238 g/mol. The highest BCUT2D eigenvalue weighted by Gasteiger charge is 2.51. The Morgan fingerprint density at radius 2 is 2.29 bits per heavy atom. The highest BCUT2D eigenvalue weighted by atomic mass is 16.5. The van der Waals surface area contributed by atoms with E-state index in [1.807, 2.05) is 0 Å². The van der Waals surface area contributed by atoms with Crippen LogP contribution in [0.2, 0.25) is 0 Å². The number of fused-ring (bicyclic) bond motifs is 4. The van der Waals surface area contributed by atoms with Gasteiger partial charge in [0.15, 0.2) is 6.04 Å². The van der Waals surface area contributed by atoms with Crippen LogP contribution in [0.25, 0.3) is 0 Å². The van der Waals surface area contributed by atoms with E-state index in [1.165, 1.54) is 4.68 Å². The van der Waals surface area contributed by atoms with Crippen LogP contribution >= 0.6 is 0 Å². The maximum absolute atomic E-state index is 11.7. The quantitative estimate of drug-likeness (QED) is 0.656. The fourth-order valence-corrected chi connectivity index (χ4v) is 2.44. The Kier molecular flexibility index (Phi) is 1.77. The number of aromatic nitrogens is 2. The van der Waals surface area contributed by atoms with E-state index in [0.29, 0.717) is 16.3 Å². The van der Waals surface area contributed by atoms with Crippen LogP contribution in [-0.4, -0.2) is 48.6 Å². The molecule has 8 nitrogen and oxygen atoms in total. The number of carboxylic acid groups (broad SMARTS) is 1. The average molecular weight is 238 g/mol. The lowest BCUT2D eigenvalue weighted by atomic mass is 9.98. The maximum Gasteiger partial charge on any atom is 0.345 e. The van der Waals surface area contributed by atoms with Gasteiger partial charge in [0.25, 0.3) is 0 Å². The Labute approximate surface area is 95.6 Å². The number of urea groups is 1. The lowest BCUT2D eigenvalue weighted by Gasteiger charge is -2.25. The molecule has 0 spiro atoms. The summed E-state index contributed by atoms with van der Waals surface area (Å²) in [5, 5.41) is 23.5. The zero-order chi connectivity index (χ0) is 12.3. The Morgan fingerprint density at radius 3 is 2.94 bits per heavy atom. The first-order valence-corrected chi connectivity index (χ1v) is 5.05. The van der Waals surface area contributed by atoms with Crippen molar-refractivity contribution in [3.63, 3.8) is 0 Å². The summed E-state index contributed by atoms with van der Waals surface area (Å²) in [6.07, 6.45) is 1.63.